The number of benzene rings is 2. The number of aryl methyl sites for hydroxylation is 1. The zero-order valence-electron chi connectivity index (χ0n) is 20.4. The van der Waals surface area contributed by atoms with E-state index in [-0.39, 0.29) is 29.7 Å². The van der Waals surface area contributed by atoms with Crippen LogP contribution in [-0.4, -0.2) is 46.9 Å². The smallest absolute Gasteiger partial charge is 0.274 e. The highest BCUT2D eigenvalue weighted by Crippen LogP contribution is 2.43. The van der Waals surface area contributed by atoms with Crippen molar-refractivity contribution in [3.8, 4) is 16.2 Å². The first-order valence-electron chi connectivity index (χ1n) is 12.7. The van der Waals surface area contributed by atoms with Crippen molar-refractivity contribution in [2.75, 3.05) is 13.2 Å². The largest absolute Gasteiger partial charge is 0.493 e. The molecule has 9 heteroatoms. The molecule has 1 aliphatic carbocycles. The molecule has 0 spiro atoms. The molecule has 1 saturated heterocycles. The summed E-state index contributed by atoms with van der Waals surface area (Å²) < 4.78 is 19.9. The zero-order chi connectivity index (χ0) is 25.7. The summed E-state index contributed by atoms with van der Waals surface area (Å²) in [5, 5.41) is 3.89. The van der Waals surface area contributed by atoms with Crippen LogP contribution in [0.5, 0.6) is 5.75 Å². The summed E-state index contributed by atoms with van der Waals surface area (Å²) in [6, 6.07) is 10.4. The average molecular weight is 585 g/mol. The second-order valence-electron chi connectivity index (χ2n) is 9.99. The first-order valence-corrected chi connectivity index (χ1v) is 14.3. The Bertz CT molecular complexity index is 1390. The maximum Gasteiger partial charge on any atom is 0.274 e. The molecule has 6 rings (SSSR count). The number of thiazole rings is 1. The van der Waals surface area contributed by atoms with Gasteiger partial charge in [-0.25, -0.2) is 9.37 Å². The summed E-state index contributed by atoms with van der Waals surface area (Å²) in [6.45, 7) is 2.86. The topological polar surface area (TPSA) is 71.5 Å². The van der Waals surface area contributed by atoms with Gasteiger partial charge in [-0.15, -0.1) is 11.3 Å². The van der Waals surface area contributed by atoms with Crippen molar-refractivity contribution in [2.24, 2.45) is 5.92 Å². The number of halogens is 2. The molecule has 1 N–H and O–H groups in total. The number of hydrogen-bond acceptors (Lipinski definition) is 5. The van der Waals surface area contributed by atoms with Crippen LogP contribution < -0.4 is 10.1 Å². The SMILES string of the molecule is Cc1nc(C(=O)N2[C@H](CNC(=O)c3cccc4c3CCO4)C[C@@H]3CCC[C@@H]32)c(-c2ccc(F)c(Br)c2)s1. The van der Waals surface area contributed by atoms with Crippen LogP contribution in [-0.2, 0) is 6.42 Å². The van der Waals surface area contributed by atoms with Gasteiger partial charge in [0.15, 0.2) is 0 Å². The third kappa shape index (κ3) is 4.46. The second-order valence-corrected chi connectivity index (χ2v) is 12.0. The molecule has 37 heavy (non-hydrogen) atoms. The molecule has 3 aliphatic rings. The maximum absolute atomic E-state index is 14.1. The number of amides is 2. The van der Waals surface area contributed by atoms with Crippen LogP contribution >= 0.6 is 27.3 Å². The predicted octanol–water partition coefficient (Wildman–Crippen LogP) is 5.77. The molecule has 1 aromatic heterocycles. The molecule has 2 amide bonds. The Morgan fingerprint density at radius 3 is 2.97 bits per heavy atom. The van der Waals surface area contributed by atoms with E-state index < -0.39 is 0 Å². The lowest BCUT2D eigenvalue weighted by molar-refractivity contribution is 0.0645. The Balaban J connectivity index is 1.26. The van der Waals surface area contributed by atoms with Gasteiger partial charge in [0.1, 0.15) is 17.3 Å². The number of likely N-dealkylation sites (tertiary alicyclic amines) is 1. The van der Waals surface area contributed by atoms with Crippen molar-refractivity contribution in [1.82, 2.24) is 15.2 Å². The number of rotatable bonds is 5. The Hall–Kier alpha value is -2.78. The Labute approximate surface area is 227 Å². The summed E-state index contributed by atoms with van der Waals surface area (Å²) in [4.78, 5) is 34.6. The Morgan fingerprint density at radius 2 is 2.14 bits per heavy atom. The molecular weight excluding hydrogens is 557 g/mol. The number of hydrogen-bond donors (Lipinski definition) is 1. The van der Waals surface area contributed by atoms with Crippen LogP contribution in [0.15, 0.2) is 40.9 Å². The minimum Gasteiger partial charge on any atom is -0.493 e. The number of fused-ring (bicyclic) bond motifs is 2. The molecule has 0 radical (unpaired) electrons. The van der Waals surface area contributed by atoms with Gasteiger partial charge in [-0.1, -0.05) is 18.6 Å². The van der Waals surface area contributed by atoms with Crippen LogP contribution in [0.1, 0.15) is 57.1 Å². The Kier molecular flexibility index (Phi) is 6.52. The summed E-state index contributed by atoms with van der Waals surface area (Å²) in [7, 11) is 0. The molecule has 3 aromatic rings. The van der Waals surface area contributed by atoms with E-state index in [2.05, 4.69) is 26.2 Å². The molecule has 2 aromatic carbocycles. The molecule has 0 bridgehead atoms. The van der Waals surface area contributed by atoms with Gasteiger partial charge in [0.25, 0.3) is 11.8 Å². The summed E-state index contributed by atoms with van der Waals surface area (Å²) in [5.41, 5.74) is 2.76. The molecule has 2 aliphatic heterocycles. The number of aromatic nitrogens is 1. The van der Waals surface area contributed by atoms with E-state index in [4.69, 9.17) is 4.74 Å². The van der Waals surface area contributed by atoms with Crippen molar-refractivity contribution in [3.63, 3.8) is 0 Å². The number of nitrogens with one attached hydrogen (secondary N) is 1. The lowest BCUT2D eigenvalue weighted by Crippen LogP contribution is -2.46. The fourth-order valence-electron chi connectivity index (χ4n) is 6.16. The highest BCUT2D eigenvalue weighted by molar-refractivity contribution is 9.10. The van der Waals surface area contributed by atoms with Crippen LogP contribution in [0.4, 0.5) is 4.39 Å². The second kappa shape index (κ2) is 9.83. The van der Waals surface area contributed by atoms with E-state index >= 15 is 0 Å². The van der Waals surface area contributed by atoms with Gasteiger partial charge < -0.3 is 15.0 Å². The molecule has 2 fully saturated rings. The molecule has 3 heterocycles. The first-order chi connectivity index (χ1) is 17.9. The highest BCUT2D eigenvalue weighted by Gasteiger charge is 2.47. The normalized spacial score (nSPS) is 22.0. The van der Waals surface area contributed by atoms with Gasteiger partial charge in [0, 0.05) is 30.1 Å². The van der Waals surface area contributed by atoms with E-state index in [1.165, 1.54) is 17.4 Å². The summed E-state index contributed by atoms with van der Waals surface area (Å²) >= 11 is 4.70. The van der Waals surface area contributed by atoms with Crippen molar-refractivity contribution in [2.45, 2.75) is 51.1 Å². The molecular formula is C28H27BrFN3O3S. The summed E-state index contributed by atoms with van der Waals surface area (Å²) in [5.74, 6) is 0.621. The van der Waals surface area contributed by atoms with E-state index in [9.17, 15) is 14.0 Å². The van der Waals surface area contributed by atoms with Crippen molar-refractivity contribution >= 4 is 39.1 Å². The molecule has 192 valence electrons. The van der Waals surface area contributed by atoms with Gasteiger partial charge in [0.05, 0.1) is 27.0 Å². The van der Waals surface area contributed by atoms with E-state index in [0.29, 0.717) is 34.8 Å². The van der Waals surface area contributed by atoms with Gasteiger partial charge in [0.2, 0.25) is 0 Å². The maximum atomic E-state index is 14.1. The fourth-order valence-corrected chi connectivity index (χ4v) is 7.44. The average Bonchev–Trinajstić information content (AvgIpc) is 3.67. The quantitative estimate of drug-likeness (QED) is 0.414. The molecule has 1 saturated carbocycles. The van der Waals surface area contributed by atoms with Gasteiger partial charge in [-0.3, -0.25) is 9.59 Å². The lowest BCUT2D eigenvalue weighted by Gasteiger charge is -2.30. The number of ether oxygens (including phenoxy) is 1. The standard InChI is InChI=1S/C28H27BrFN3O3S/c1-15-32-25(26(37-15)17-8-9-22(30)21(29)13-17)28(35)33-18(12-16-4-2-6-23(16)33)14-31-27(34)20-5-3-7-24-19(20)10-11-36-24/h3,5,7-9,13,16,18,23H,2,4,6,10-12,14H2,1H3,(H,31,34)/t16-,18-,23-/m0/s1. The minimum atomic E-state index is -0.349. The fraction of sp³-hybridized carbons (Fsp3) is 0.393. The minimum absolute atomic E-state index is 0.102. The Morgan fingerprint density at radius 1 is 1.27 bits per heavy atom. The molecule has 0 unspecified atom stereocenters. The van der Waals surface area contributed by atoms with E-state index in [0.717, 1.165) is 58.9 Å². The summed E-state index contributed by atoms with van der Waals surface area (Å²) in [6.07, 6.45) is 4.75. The zero-order valence-corrected chi connectivity index (χ0v) is 22.8. The van der Waals surface area contributed by atoms with Gasteiger partial charge in [-0.2, -0.15) is 0 Å². The predicted molar refractivity (Wildman–Crippen MR) is 144 cm³/mol. The number of carbonyl (C=O) groups excluding carboxylic acids is 2. The molecule has 3 atom stereocenters. The van der Waals surface area contributed by atoms with Crippen molar-refractivity contribution < 1.29 is 18.7 Å². The monoisotopic (exact) mass is 583 g/mol. The lowest BCUT2D eigenvalue weighted by atomic mass is 10.0. The third-order valence-electron chi connectivity index (χ3n) is 7.78. The number of carbonyl (C=O) groups is 2. The van der Waals surface area contributed by atoms with E-state index in [1.807, 2.05) is 30.0 Å². The van der Waals surface area contributed by atoms with Crippen LogP contribution in [0.3, 0.4) is 0 Å². The highest BCUT2D eigenvalue weighted by atomic mass is 79.9. The van der Waals surface area contributed by atoms with Crippen LogP contribution in [0, 0.1) is 18.7 Å². The van der Waals surface area contributed by atoms with Gasteiger partial charge in [-0.05, 0) is 77.9 Å². The first kappa shape index (κ1) is 24.6. The van der Waals surface area contributed by atoms with Gasteiger partial charge >= 0.3 is 0 Å². The number of nitrogens with zero attached hydrogens (tertiary/aromatic N) is 2. The van der Waals surface area contributed by atoms with Crippen LogP contribution in [0.25, 0.3) is 10.4 Å². The van der Waals surface area contributed by atoms with Crippen molar-refractivity contribution in [1.29, 1.82) is 0 Å². The van der Waals surface area contributed by atoms with E-state index in [1.54, 1.807) is 12.1 Å². The van der Waals surface area contributed by atoms with Crippen LogP contribution in [0.2, 0.25) is 0 Å². The van der Waals surface area contributed by atoms with Crippen molar-refractivity contribution in [3.05, 3.63) is 68.5 Å². The molecule has 6 nitrogen and oxygen atoms in total. The third-order valence-corrected chi connectivity index (χ3v) is 9.41.